The third kappa shape index (κ3) is 2.23. The quantitative estimate of drug-likeness (QED) is 0.731. The van der Waals surface area contributed by atoms with Gasteiger partial charge in [0.1, 0.15) is 0 Å². The molecule has 3 atom stereocenters. The van der Waals surface area contributed by atoms with Crippen molar-refractivity contribution in [3.8, 4) is 0 Å². The van der Waals surface area contributed by atoms with E-state index in [2.05, 4.69) is 50.7 Å². The van der Waals surface area contributed by atoms with E-state index in [1.165, 1.54) is 22.3 Å². The van der Waals surface area contributed by atoms with Crippen LogP contribution < -0.4 is 16.6 Å². The number of rotatable bonds is 2. The topological polar surface area (TPSA) is 50.1 Å². The highest BCUT2D eigenvalue weighted by Gasteiger charge is 2.35. The van der Waals surface area contributed by atoms with E-state index in [4.69, 9.17) is 5.73 Å². The van der Waals surface area contributed by atoms with Crippen LogP contribution in [0.5, 0.6) is 0 Å². The molecule has 2 rings (SSSR count). The van der Waals surface area contributed by atoms with Gasteiger partial charge in [-0.15, -0.1) is 0 Å². The summed E-state index contributed by atoms with van der Waals surface area (Å²) in [5.41, 5.74) is 18.1. The van der Waals surface area contributed by atoms with Gasteiger partial charge in [0.15, 0.2) is 0 Å². The Balaban J connectivity index is 2.45. The van der Waals surface area contributed by atoms with Gasteiger partial charge in [-0.1, -0.05) is 24.6 Å². The first-order valence-electron chi connectivity index (χ1n) is 6.39. The third-order valence-corrected chi connectivity index (χ3v) is 3.77. The van der Waals surface area contributed by atoms with Gasteiger partial charge in [-0.2, -0.15) is 0 Å². The molecule has 1 aromatic carbocycles. The smallest absolute Gasteiger partial charge is 0.0764 e. The first kappa shape index (κ1) is 12.6. The van der Waals surface area contributed by atoms with Gasteiger partial charge >= 0.3 is 0 Å². The highest BCUT2D eigenvalue weighted by atomic mass is 15.5. The fourth-order valence-electron chi connectivity index (χ4n) is 3.09. The minimum absolute atomic E-state index is 0.0000520. The highest BCUT2D eigenvalue weighted by molar-refractivity contribution is 5.42. The Morgan fingerprint density at radius 2 is 1.71 bits per heavy atom. The van der Waals surface area contributed by atoms with Crippen LogP contribution in [0.15, 0.2) is 12.1 Å². The Morgan fingerprint density at radius 1 is 1.12 bits per heavy atom. The summed E-state index contributed by atoms with van der Waals surface area (Å²) in [6.07, 6.45) is 1.08. The molecule has 0 bridgehead atoms. The molecule has 1 aromatic rings. The average Bonchev–Trinajstić information content (AvgIpc) is 2.59. The van der Waals surface area contributed by atoms with Gasteiger partial charge in [0.2, 0.25) is 0 Å². The molecule has 3 heteroatoms. The molecule has 1 saturated heterocycles. The van der Waals surface area contributed by atoms with Crippen molar-refractivity contribution in [1.29, 1.82) is 0 Å². The average molecular weight is 233 g/mol. The second-order valence-corrected chi connectivity index (χ2v) is 5.17. The predicted octanol–water partition coefficient (Wildman–Crippen LogP) is 1.87. The Kier molecular flexibility index (Phi) is 3.52. The molecule has 0 radical (unpaired) electrons. The molecule has 0 spiro atoms. The SMILES string of the molecule is CCC1NNC(N)C1c1c(C)cc(C)cc1C. The summed E-state index contributed by atoms with van der Waals surface area (Å²) in [5, 5.41) is 0. The van der Waals surface area contributed by atoms with Crippen molar-refractivity contribution in [2.75, 3.05) is 0 Å². The maximum atomic E-state index is 6.18. The number of hydrogen-bond acceptors (Lipinski definition) is 3. The van der Waals surface area contributed by atoms with Crippen LogP contribution >= 0.6 is 0 Å². The largest absolute Gasteiger partial charge is 0.314 e. The Hall–Kier alpha value is -0.900. The monoisotopic (exact) mass is 233 g/mol. The van der Waals surface area contributed by atoms with Gasteiger partial charge in [0.05, 0.1) is 6.17 Å². The number of aryl methyl sites for hydroxylation is 3. The summed E-state index contributed by atoms with van der Waals surface area (Å²) < 4.78 is 0. The molecule has 1 heterocycles. The van der Waals surface area contributed by atoms with Crippen molar-refractivity contribution >= 4 is 0 Å². The van der Waals surface area contributed by atoms with E-state index in [0.717, 1.165) is 6.42 Å². The van der Waals surface area contributed by atoms with Crippen molar-refractivity contribution in [3.05, 3.63) is 34.4 Å². The van der Waals surface area contributed by atoms with Gasteiger partial charge in [-0.25, -0.2) is 5.43 Å². The first-order chi connectivity index (χ1) is 8.04. The molecular formula is C14H23N3. The summed E-state index contributed by atoms with van der Waals surface area (Å²) in [5.74, 6) is 0.362. The van der Waals surface area contributed by atoms with E-state index < -0.39 is 0 Å². The van der Waals surface area contributed by atoms with E-state index in [9.17, 15) is 0 Å². The van der Waals surface area contributed by atoms with Crippen molar-refractivity contribution < 1.29 is 0 Å². The van der Waals surface area contributed by atoms with Gasteiger partial charge in [-0.05, 0) is 43.9 Å². The number of nitrogens with two attached hydrogens (primary N) is 1. The Labute approximate surface area is 104 Å². The normalized spacial score (nSPS) is 28.6. The van der Waals surface area contributed by atoms with Gasteiger partial charge in [0, 0.05) is 12.0 Å². The summed E-state index contributed by atoms with van der Waals surface area (Å²) >= 11 is 0. The number of hydrazine groups is 1. The van der Waals surface area contributed by atoms with E-state index in [0.29, 0.717) is 12.0 Å². The van der Waals surface area contributed by atoms with E-state index in [1.54, 1.807) is 0 Å². The van der Waals surface area contributed by atoms with Crippen molar-refractivity contribution in [3.63, 3.8) is 0 Å². The lowest BCUT2D eigenvalue weighted by Crippen LogP contribution is -2.38. The summed E-state index contributed by atoms with van der Waals surface area (Å²) in [4.78, 5) is 0. The molecule has 0 saturated carbocycles. The first-order valence-corrected chi connectivity index (χ1v) is 6.39. The molecule has 0 aliphatic carbocycles. The van der Waals surface area contributed by atoms with Crippen molar-refractivity contribution in [1.82, 2.24) is 10.9 Å². The Bertz CT molecular complexity index is 391. The van der Waals surface area contributed by atoms with Crippen LogP contribution in [0.3, 0.4) is 0 Å². The summed E-state index contributed by atoms with van der Waals surface area (Å²) in [6, 6.07) is 4.92. The lowest BCUT2D eigenvalue weighted by Gasteiger charge is -2.24. The molecule has 17 heavy (non-hydrogen) atoms. The number of hydrogen-bond donors (Lipinski definition) is 3. The zero-order valence-corrected chi connectivity index (χ0v) is 11.2. The third-order valence-electron chi connectivity index (χ3n) is 3.77. The minimum Gasteiger partial charge on any atom is -0.314 e. The van der Waals surface area contributed by atoms with E-state index in [-0.39, 0.29) is 6.17 Å². The second-order valence-electron chi connectivity index (χ2n) is 5.17. The van der Waals surface area contributed by atoms with Crippen LogP contribution in [0.4, 0.5) is 0 Å². The highest BCUT2D eigenvalue weighted by Crippen LogP contribution is 2.32. The lowest BCUT2D eigenvalue weighted by molar-refractivity contribution is 0.508. The molecule has 94 valence electrons. The van der Waals surface area contributed by atoms with E-state index in [1.807, 2.05) is 0 Å². The molecule has 0 aromatic heterocycles. The standard InChI is InChI=1S/C14H23N3/c1-5-11-13(14(15)17-16-11)12-9(3)6-8(2)7-10(12)4/h6-7,11,13-14,16-17H,5,15H2,1-4H3. The predicted molar refractivity (Wildman–Crippen MR) is 71.7 cm³/mol. The Morgan fingerprint density at radius 3 is 2.24 bits per heavy atom. The molecule has 0 amide bonds. The molecule has 1 aliphatic heterocycles. The molecular weight excluding hydrogens is 210 g/mol. The molecule has 3 unspecified atom stereocenters. The van der Waals surface area contributed by atoms with E-state index >= 15 is 0 Å². The van der Waals surface area contributed by atoms with Crippen molar-refractivity contribution in [2.24, 2.45) is 5.73 Å². The molecule has 3 nitrogen and oxygen atoms in total. The van der Waals surface area contributed by atoms with Gasteiger partial charge in [-0.3, -0.25) is 5.43 Å². The van der Waals surface area contributed by atoms with Crippen LogP contribution in [0.25, 0.3) is 0 Å². The maximum Gasteiger partial charge on any atom is 0.0764 e. The van der Waals surface area contributed by atoms with Crippen LogP contribution in [-0.4, -0.2) is 12.2 Å². The lowest BCUT2D eigenvalue weighted by atomic mass is 9.83. The molecule has 4 N–H and O–H groups in total. The fraction of sp³-hybridized carbons (Fsp3) is 0.571. The number of nitrogens with one attached hydrogen (secondary N) is 2. The van der Waals surface area contributed by atoms with Crippen LogP contribution in [-0.2, 0) is 0 Å². The van der Waals surface area contributed by atoms with Gasteiger partial charge in [0.25, 0.3) is 0 Å². The number of benzene rings is 1. The van der Waals surface area contributed by atoms with Crippen LogP contribution in [0.1, 0.15) is 41.5 Å². The van der Waals surface area contributed by atoms with Gasteiger partial charge < -0.3 is 5.73 Å². The summed E-state index contributed by atoms with van der Waals surface area (Å²) in [6.45, 7) is 8.72. The maximum absolute atomic E-state index is 6.18. The minimum atomic E-state index is 0.0000520. The van der Waals surface area contributed by atoms with Crippen LogP contribution in [0.2, 0.25) is 0 Å². The zero-order chi connectivity index (χ0) is 12.6. The van der Waals surface area contributed by atoms with Crippen LogP contribution in [0, 0.1) is 20.8 Å². The second kappa shape index (κ2) is 4.77. The summed E-state index contributed by atoms with van der Waals surface area (Å²) in [7, 11) is 0. The molecule has 1 fully saturated rings. The molecule has 1 aliphatic rings. The zero-order valence-electron chi connectivity index (χ0n) is 11.2. The van der Waals surface area contributed by atoms with Crippen molar-refractivity contribution in [2.45, 2.75) is 52.2 Å². The fourth-order valence-corrected chi connectivity index (χ4v) is 3.09.